The standard InChI is InChI=1S/C15H26N2O3S/c1-4-13(9-10-18)11-16-14-7-5-6-8-15(14)21(19,20)17-12(2)3/h5-8,12-13,16-18H,4,9-11H2,1-3H3. The van der Waals surface area contributed by atoms with Crippen LogP contribution in [0.5, 0.6) is 0 Å². The van der Waals surface area contributed by atoms with E-state index in [2.05, 4.69) is 17.0 Å². The number of sulfonamides is 1. The van der Waals surface area contributed by atoms with Crippen LogP contribution in [0.3, 0.4) is 0 Å². The fraction of sp³-hybridized carbons (Fsp3) is 0.600. The second-order valence-corrected chi connectivity index (χ2v) is 7.12. The van der Waals surface area contributed by atoms with Crippen molar-refractivity contribution >= 4 is 15.7 Å². The van der Waals surface area contributed by atoms with Crippen LogP contribution in [0.25, 0.3) is 0 Å². The molecule has 1 atom stereocenters. The van der Waals surface area contributed by atoms with Gasteiger partial charge < -0.3 is 10.4 Å². The smallest absolute Gasteiger partial charge is 0.242 e. The fourth-order valence-electron chi connectivity index (χ4n) is 2.11. The van der Waals surface area contributed by atoms with Gasteiger partial charge in [-0.15, -0.1) is 0 Å². The van der Waals surface area contributed by atoms with Crippen molar-refractivity contribution in [3.05, 3.63) is 24.3 Å². The Bertz CT molecular complexity index is 529. The van der Waals surface area contributed by atoms with Gasteiger partial charge in [-0.25, -0.2) is 13.1 Å². The van der Waals surface area contributed by atoms with Gasteiger partial charge in [0.2, 0.25) is 10.0 Å². The van der Waals surface area contributed by atoms with Crippen LogP contribution in [-0.4, -0.2) is 32.7 Å². The van der Waals surface area contributed by atoms with Crippen molar-refractivity contribution in [1.29, 1.82) is 0 Å². The lowest BCUT2D eigenvalue weighted by Crippen LogP contribution is -2.31. The zero-order valence-corrected chi connectivity index (χ0v) is 13.8. The zero-order chi connectivity index (χ0) is 15.9. The maximum Gasteiger partial charge on any atom is 0.242 e. The summed E-state index contributed by atoms with van der Waals surface area (Å²) in [5, 5.41) is 12.2. The molecule has 0 aliphatic rings. The number of benzene rings is 1. The Morgan fingerprint density at radius 3 is 2.48 bits per heavy atom. The van der Waals surface area contributed by atoms with Crippen molar-refractivity contribution < 1.29 is 13.5 Å². The summed E-state index contributed by atoms with van der Waals surface area (Å²) in [6.07, 6.45) is 1.65. The first-order valence-corrected chi connectivity index (χ1v) is 8.85. The Hall–Kier alpha value is -1.11. The number of hydrogen-bond acceptors (Lipinski definition) is 4. The van der Waals surface area contributed by atoms with Crippen LogP contribution in [0.15, 0.2) is 29.2 Å². The number of hydrogen-bond donors (Lipinski definition) is 3. The quantitative estimate of drug-likeness (QED) is 0.653. The average molecular weight is 314 g/mol. The summed E-state index contributed by atoms with van der Waals surface area (Å²) in [7, 11) is -3.52. The molecule has 5 nitrogen and oxygen atoms in total. The van der Waals surface area contributed by atoms with Gasteiger partial charge in [-0.2, -0.15) is 0 Å². The minimum Gasteiger partial charge on any atom is -0.396 e. The van der Waals surface area contributed by atoms with Crippen LogP contribution < -0.4 is 10.0 Å². The van der Waals surface area contributed by atoms with E-state index in [1.807, 2.05) is 6.07 Å². The average Bonchev–Trinajstić information content (AvgIpc) is 2.42. The molecule has 0 fully saturated rings. The van der Waals surface area contributed by atoms with Crippen molar-refractivity contribution in [3.63, 3.8) is 0 Å². The summed E-state index contributed by atoms with van der Waals surface area (Å²) >= 11 is 0. The molecular weight excluding hydrogens is 288 g/mol. The summed E-state index contributed by atoms with van der Waals surface area (Å²) in [4.78, 5) is 0.262. The maximum atomic E-state index is 12.3. The van der Waals surface area contributed by atoms with Gasteiger partial charge in [0.1, 0.15) is 4.90 Å². The molecule has 0 saturated carbocycles. The molecule has 1 unspecified atom stereocenters. The van der Waals surface area contributed by atoms with E-state index in [0.717, 1.165) is 6.42 Å². The predicted molar refractivity (Wildman–Crippen MR) is 85.9 cm³/mol. The molecule has 1 rings (SSSR count). The number of rotatable bonds is 9. The topological polar surface area (TPSA) is 78.4 Å². The van der Waals surface area contributed by atoms with Gasteiger partial charge in [-0.1, -0.05) is 25.5 Å². The predicted octanol–water partition coefficient (Wildman–Crippen LogP) is 2.19. The maximum absolute atomic E-state index is 12.3. The second kappa shape index (κ2) is 8.36. The molecule has 0 radical (unpaired) electrons. The Balaban J connectivity index is 2.89. The molecule has 21 heavy (non-hydrogen) atoms. The molecule has 1 aromatic rings. The highest BCUT2D eigenvalue weighted by Gasteiger charge is 2.19. The Morgan fingerprint density at radius 1 is 1.24 bits per heavy atom. The number of aliphatic hydroxyl groups is 1. The third-order valence-electron chi connectivity index (χ3n) is 3.26. The normalized spacial score (nSPS) is 13.4. The second-order valence-electron chi connectivity index (χ2n) is 5.44. The SMILES string of the molecule is CCC(CCO)CNc1ccccc1S(=O)(=O)NC(C)C. The third kappa shape index (κ3) is 5.65. The van der Waals surface area contributed by atoms with Crippen molar-refractivity contribution in [2.24, 2.45) is 5.92 Å². The highest BCUT2D eigenvalue weighted by molar-refractivity contribution is 7.89. The Kier molecular flexibility index (Phi) is 7.14. The van der Waals surface area contributed by atoms with Crippen LogP contribution >= 0.6 is 0 Å². The van der Waals surface area contributed by atoms with Crippen LogP contribution in [0.2, 0.25) is 0 Å². The molecular formula is C15H26N2O3S. The van der Waals surface area contributed by atoms with Gasteiger partial charge in [0.05, 0.1) is 5.69 Å². The first-order chi connectivity index (χ1) is 9.90. The highest BCUT2D eigenvalue weighted by Crippen LogP contribution is 2.22. The van der Waals surface area contributed by atoms with Gasteiger partial charge in [0, 0.05) is 19.2 Å². The molecule has 6 heteroatoms. The summed E-state index contributed by atoms with van der Waals surface area (Å²) in [6, 6.07) is 6.73. The molecule has 0 aliphatic heterocycles. The van der Waals surface area contributed by atoms with Gasteiger partial charge in [0.15, 0.2) is 0 Å². The van der Waals surface area contributed by atoms with E-state index < -0.39 is 10.0 Å². The van der Waals surface area contributed by atoms with E-state index in [4.69, 9.17) is 5.11 Å². The highest BCUT2D eigenvalue weighted by atomic mass is 32.2. The summed E-state index contributed by atoms with van der Waals surface area (Å²) in [5.74, 6) is 0.323. The lowest BCUT2D eigenvalue weighted by molar-refractivity contribution is 0.258. The lowest BCUT2D eigenvalue weighted by Gasteiger charge is -2.18. The number of anilines is 1. The first-order valence-electron chi connectivity index (χ1n) is 7.36. The molecule has 3 N–H and O–H groups in total. The largest absolute Gasteiger partial charge is 0.396 e. The van der Waals surface area contributed by atoms with E-state index in [-0.39, 0.29) is 17.5 Å². The number of aliphatic hydroxyl groups excluding tert-OH is 1. The molecule has 120 valence electrons. The van der Waals surface area contributed by atoms with E-state index >= 15 is 0 Å². The van der Waals surface area contributed by atoms with Crippen molar-refractivity contribution in [2.75, 3.05) is 18.5 Å². The van der Waals surface area contributed by atoms with Crippen LogP contribution in [-0.2, 0) is 10.0 Å². The lowest BCUT2D eigenvalue weighted by atomic mass is 10.0. The van der Waals surface area contributed by atoms with Crippen LogP contribution in [0, 0.1) is 5.92 Å². The molecule has 0 aromatic heterocycles. The van der Waals surface area contributed by atoms with Gasteiger partial charge in [-0.05, 0) is 38.3 Å². The Morgan fingerprint density at radius 2 is 1.90 bits per heavy atom. The molecule has 0 saturated heterocycles. The summed E-state index contributed by atoms with van der Waals surface area (Å²) < 4.78 is 27.2. The summed E-state index contributed by atoms with van der Waals surface area (Å²) in [6.45, 7) is 6.44. The number of nitrogens with one attached hydrogen (secondary N) is 2. The first kappa shape index (κ1) is 17.9. The molecule has 1 aromatic carbocycles. The van der Waals surface area contributed by atoms with Gasteiger partial charge in [0.25, 0.3) is 0 Å². The number of para-hydroxylation sites is 1. The van der Waals surface area contributed by atoms with E-state index in [0.29, 0.717) is 24.6 Å². The van der Waals surface area contributed by atoms with Crippen molar-refractivity contribution in [1.82, 2.24) is 4.72 Å². The molecule has 0 bridgehead atoms. The monoisotopic (exact) mass is 314 g/mol. The molecule has 0 spiro atoms. The van der Waals surface area contributed by atoms with Crippen LogP contribution in [0.1, 0.15) is 33.6 Å². The minimum atomic E-state index is -3.52. The van der Waals surface area contributed by atoms with Gasteiger partial charge >= 0.3 is 0 Å². The van der Waals surface area contributed by atoms with E-state index in [1.165, 1.54) is 0 Å². The van der Waals surface area contributed by atoms with Gasteiger partial charge in [-0.3, -0.25) is 0 Å². The van der Waals surface area contributed by atoms with E-state index in [9.17, 15) is 8.42 Å². The van der Waals surface area contributed by atoms with Crippen LogP contribution in [0.4, 0.5) is 5.69 Å². The fourth-order valence-corrected chi connectivity index (χ4v) is 3.54. The zero-order valence-electron chi connectivity index (χ0n) is 13.0. The minimum absolute atomic E-state index is 0.148. The molecule has 0 amide bonds. The molecule has 0 aliphatic carbocycles. The molecule has 0 heterocycles. The van der Waals surface area contributed by atoms with Crippen molar-refractivity contribution in [3.8, 4) is 0 Å². The third-order valence-corrected chi connectivity index (χ3v) is 4.98. The van der Waals surface area contributed by atoms with Crippen molar-refractivity contribution in [2.45, 2.75) is 44.6 Å². The van der Waals surface area contributed by atoms with E-state index in [1.54, 1.807) is 32.0 Å². The Labute approximate surface area is 127 Å². The summed E-state index contributed by atoms with van der Waals surface area (Å²) in [5.41, 5.74) is 0.599.